The Balaban J connectivity index is -0.000000102. The van der Waals surface area contributed by atoms with E-state index in [9.17, 15) is 0 Å². The Morgan fingerprint density at radius 1 is 0.944 bits per heavy atom. The van der Waals surface area contributed by atoms with Gasteiger partial charge in [0.1, 0.15) is 0 Å². The van der Waals surface area contributed by atoms with Crippen molar-refractivity contribution in [3.63, 3.8) is 0 Å². The molecule has 0 spiro atoms. The average Bonchev–Trinajstić information content (AvgIpc) is 2.48. The molecule has 0 saturated heterocycles. The van der Waals surface area contributed by atoms with Crippen LogP contribution >= 0.6 is 0 Å². The van der Waals surface area contributed by atoms with Crippen LogP contribution in [0.4, 0.5) is 0 Å². The summed E-state index contributed by atoms with van der Waals surface area (Å²) in [5.41, 5.74) is 0. The molecule has 18 heavy (non-hydrogen) atoms. The zero-order chi connectivity index (χ0) is 15.6. The third-order valence-corrected chi connectivity index (χ3v) is 3.02. The largest absolute Gasteiger partial charge is 0.320 e. The lowest BCUT2D eigenvalue weighted by Crippen LogP contribution is -2.33. The second kappa shape index (κ2) is 25.7. The van der Waals surface area contributed by atoms with Gasteiger partial charge in [-0.3, -0.25) is 0 Å². The van der Waals surface area contributed by atoms with E-state index in [0.29, 0.717) is 0 Å². The van der Waals surface area contributed by atoms with Crippen LogP contribution in [0.3, 0.4) is 0 Å². The second-order valence-corrected chi connectivity index (χ2v) is 3.91. The molecule has 0 saturated carbocycles. The number of nitrogens with one attached hydrogen (secondary N) is 1. The SMILES string of the molecule is CC.CC.CCC(C)C(C)N(C)CC.CCNC. The molecule has 1 N–H and O–H groups in total. The van der Waals surface area contributed by atoms with E-state index in [-0.39, 0.29) is 0 Å². The summed E-state index contributed by atoms with van der Waals surface area (Å²) >= 11 is 0. The third-order valence-electron chi connectivity index (χ3n) is 3.02. The van der Waals surface area contributed by atoms with Gasteiger partial charge >= 0.3 is 0 Å². The first-order chi connectivity index (χ1) is 8.54. The summed E-state index contributed by atoms with van der Waals surface area (Å²) in [7, 11) is 4.12. The van der Waals surface area contributed by atoms with E-state index in [0.717, 1.165) is 25.0 Å². The Morgan fingerprint density at radius 2 is 1.28 bits per heavy atom. The summed E-state index contributed by atoms with van der Waals surface area (Å²) in [5, 5.41) is 2.93. The molecule has 0 aromatic heterocycles. The fourth-order valence-corrected chi connectivity index (χ4v) is 1.06. The van der Waals surface area contributed by atoms with Crippen LogP contribution in [-0.2, 0) is 0 Å². The number of nitrogens with zero attached hydrogens (tertiary/aromatic N) is 1. The van der Waals surface area contributed by atoms with Crippen molar-refractivity contribution in [1.29, 1.82) is 0 Å². The van der Waals surface area contributed by atoms with Gasteiger partial charge in [-0.2, -0.15) is 0 Å². The van der Waals surface area contributed by atoms with Crippen LogP contribution < -0.4 is 5.32 Å². The topological polar surface area (TPSA) is 15.3 Å². The molecule has 2 atom stereocenters. The summed E-state index contributed by atoms with van der Waals surface area (Å²) in [6.45, 7) is 21.4. The molecule has 0 bridgehead atoms. The summed E-state index contributed by atoms with van der Waals surface area (Å²) in [6.07, 6.45) is 1.28. The van der Waals surface area contributed by atoms with Gasteiger partial charge in [0.15, 0.2) is 0 Å². The van der Waals surface area contributed by atoms with Crippen molar-refractivity contribution >= 4 is 0 Å². The molecule has 0 aliphatic heterocycles. The van der Waals surface area contributed by atoms with Crippen molar-refractivity contribution < 1.29 is 0 Å². The molecule has 2 unspecified atom stereocenters. The molecule has 116 valence electrons. The van der Waals surface area contributed by atoms with Crippen LogP contribution in [0, 0.1) is 5.92 Å². The lowest BCUT2D eigenvalue weighted by Gasteiger charge is -2.27. The number of rotatable bonds is 5. The van der Waals surface area contributed by atoms with E-state index in [1.54, 1.807) is 0 Å². The minimum absolute atomic E-state index is 0.731. The minimum atomic E-state index is 0.731. The smallest absolute Gasteiger partial charge is 0.00892 e. The van der Waals surface area contributed by atoms with E-state index in [4.69, 9.17) is 0 Å². The molecule has 2 nitrogen and oxygen atoms in total. The second-order valence-electron chi connectivity index (χ2n) is 3.91. The Bertz CT molecular complexity index is 93.3. The summed E-state index contributed by atoms with van der Waals surface area (Å²) in [6, 6.07) is 0.731. The first-order valence-electron chi connectivity index (χ1n) is 7.89. The van der Waals surface area contributed by atoms with Crippen LogP contribution in [0.25, 0.3) is 0 Å². The Kier molecular flexibility index (Phi) is 37.8. The zero-order valence-corrected chi connectivity index (χ0v) is 15.2. The first kappa shape index (κ1) is 26.5. The van der Waals surface area contributed by atoms with Gasteiger partial charge < -0.3 is 10.2 Å². The highest BCUT2D eigenvalue weighted by Crippen LogP contribution is 2.11. The average molecular weight is 263 g/mol. The molecule has 0 fully saturated rings. The Morgan fingerprint density at radius 3 is 1.44 bits per heavy atom. The minimum Gasteiger partial charge on any atom is -0.320 e. The first-order valence-corrected chi connectivity index (χ1v) is 7.89. The molecule has 0 aromatic carbocycles. The van der Waals surface area contributed by atoms with Crippen LogP contribution in [-0.4, -0.2) is 38.1 Å². The molecule has 0 radical (unpaired) electrons. The van der Waals surface area contributed by atoms with Gasteiger partial charge in [0, 0.05) is 6.04 Å². The highest BCUT2D eigenvalue weighted by molar-refractivity contribution is 4.67. The zero-order valence-electron chi connectivity index (χ0n) is 15.2. The van der Waals surface area contributed by atoms with Gasteiger partial charge in [-0.15, -0.1) is 0 Å². The van der Waals surface area contributed by atoms with Gasteiger partial charge in [0.05, 0.1) is 0 Å². The molecule has 0 amide bonds. The molecular weight excluding hydrogens is 220 g/mol. The quantitative estimate of drug-likeness (QED) is 0.776. The molecule has 0 heterocycles. The lowest BCUT2D eigenvalue weighted by atomic mass is 10.00. The number of hydrogen-bond donors (Lipinski definition) is 1. The maximum Gasteiger partial charge on any atom is 0.00892 e. The molecule has 0 aliphatic rings. The van der Waals surface area contributed by atoms with Crippen molar-refractivity contribution in [1.82, 2.24) is 10.2 Å². The van der Waals surface area contributed by atoms with E-state index in [2.05, 4.69) is 51.9 Å². The van der Waals surface area contributed by atoms with Crippen LogP contribution in [0.15, 0.2) is 0 Å². The van der Waals surface area contributed by atoms with Crippen molar-refractivity contribution in [3.8, 4) is 0 Å². The fourth-order valence-electron chi connectivity index (χ4n) is 1.06. The summed E-state index contributed by atoms with van der Waals surface area (Å²) in [5.74, 6) is 0.824. The van der Waals surface area contributed by atoms with Crippen molar-refractivity contribution in [2.75, 3.05) is 27.2 Å². The Hall–Kier alpha value is -0.0800. The maximum absolute atomic E-state index is 2.93. The standard InChI is InChI=1S/C9H21N.C3H9N.2C2H6/c1-6-8(3)9(4)10(5)7-2;1-3-4-2;2*1-2/h8-9H,6-7H2,1-5H3;4H,3H2,1-2H3;2*1-2H3. The van der Waals surface area contributed by atoms with Gasteiger partial charge in [-0.25, -0.2) is 0 Å². The van der Waals surface area contributed by atoms with E-state index < -0.39 is 0 Å². The molecule has 2 heteroatoms. The van der Waals surface area contributed by atoms with Crippen LogP contribution in [0.1, 0.15) is 68.7 Å². The van der Waals surface area contributed by atoms with E-state index >= 15 is 0 Å². The predicted molar refractivity (Wildman–Crippen MR) is 89.5 cm³/mol. The van der Waals surface area contributed by atoms with Gasteiger partial charge in [-0.1, -0.05) is 61.8 Å². The third kappa shape index (κ3) is 21.2. The summed E-state index contributed by atoms with van der Waals surface area (Å²) in [4.78, 5) is 2.40. The Labute approximate surface area is 119 Å². The lowest BCUT2D eigenvalue weighted by molar-refractivity contribution is 0.205. The van der Waals surface area contributed by atoms with Crippen molar-refractivity contribution in [2.45, 2.75) is 74.8 Å². The van der Waals surface area contributed by atoms with Crippen molar-refractivity contribution in [2.24, 2.45) is 5.92 Å². The highest BCUT2D eigenvalue weighted by Gasteiger charge is 2.12. The number of hydrogen-bond acceptors (Lipinski definition) is 2. The van der Waals surface area contributed by atoms with Crippen LogP contribution in [0.5, 0.6) is 0 Å². The maximum atomic E-state index is 2.93. The van der Waals surface area contributed by atoms with Gasteiger partial charge in [0.25, 0.3) is 0 Å². The normalized spacial score (nSPS) is 12.0. The van der Waals surface area contributed by atoms with Gasteiger partial charge in [-0.05, 0) is 40.0 Å². The highest BCUT2D eigenvalue weighted by atomic mass is 15.1. The molecular formula is C16H42N2. The van der Waals surface area contributed by atoms with Gasteiger partial charge in [0.2, 0.25) is 0 Å². The van der Waals surface area contributed by atoms with Crippen molar-refractivity contribution in [3.05, 3.63) is 0 Å². The molecule has 0 aliphatic carbocycles. The van der Waals surface area contributed by atoms with Crippen LogP contribution in [0.2, 0.25) is 0 Å². The van der Waals surface area contributed by atoms with E-state index in [1.165, 1.54) is 6.42 Å². The molecule has 0 aromatic rings. The monoisotopic (exact) mass is 262 g/mol. The fraction of sp³-hybridized carbons (Fsp3) is 1.00. The van der Waals surface area contributed by atoms with E-state index in [1.807, 2.05) is 34.7 Å². The predicted octanol–water partition coefficient (Wildman–Crippen LogP) is 4.65. The molecule has 0 rings (SSSR count). The summed E-state index contributed by atoms with van der Waals surface area (Å²) < 4.78 is 0.